The second-order valence-corrected chi connectivity index (χ2v) is 10.7. The van der Waals surface area contributed by atoms with E-state index in [9.17, 15) is 18.0 Å². The Labute approximate surface area is 225 Å². The van der Waals surface area contributed by atoms with Crippen LogP contribution in [0.1, 0.15) is 56.0 Å². The first-order chi connectivity index (χ1) is 17.7. The maximum atomic E-state index is 13.5. The number of nitrogens with one attached hydrogen (secondary N) is 1. The largest absolute Gasteiger partial charge is 0.322 e. The van der Waals surface area contributed by atoms with Crippen LogP contribution in [0.4, 0.5) is 18.9 Å². The number of nitrogens with zero attached hydrogens (tertiary/aromatic N) is 1. The number of hydrogen-bond donors (Lipinski definition) is 1. The molecule has 0 saturated heterocycles. The molecule has 0 spiro atoms. The van der Waals surface area contributed by atoms with Crippen LogP contribution in [0.25, 0.3) is 0 Å². The van der Waals surface area contributed by atoms with E-state index in [1.54, 1.807) is 36.3 Å². The summed E-state index contributed by atoms with van der Waals surface area (Å²) in [4.78, 5) is 17.5. The van der Waals surface area contributed by atoms with Crippen LogP contribution < -0.4 is 5.32 Å². The van der Waals surface area contributed by atoms with Crippen molar-refractivity contribution in [3.63, 3.8) is 0 Å². The molecule has 1 amide bonds. The Balaban J connectivity index is 1.70. The van der Waals surface area contributed by atoms with Gasteiger partial charge in [0, 0.05) is 57.4 Å². The Bertz CT molecular complexity index is 1270. The Morgan fingerprint density at radius 3 is 2.41 bits per heavy atom. The van der Waals surface area contributed by atoms with Gasteiger partial charge in [0.25, 0.3) is 5.91 Å². The lowest BCUT2D eigenvalue weighted by atomic mass is 9.90. The third-order valence-electron chi connectivity index (χ3n) is 5.87. The van der Waals surface area contributed by atoms with E-state index in [0.29, 0.717) is 10.9 Å². The van der Waals surface area contributed by atoms with Crippen LogP contribution in [0.2, 0.25) is 5.02 Å². The number of aromatic nitrogens is 1. The van der Waals surface area contributed by atoms with Crippen LogP contribution in [0.3, 0.4) is 0 Å². The third kappa shape index (κ3) is 8.28. The van der Waals surface area contributed by atoms with Crippen LogP contribution in [0, 0.1) is 41.1 Å². The summed E-state index contributed by atoms with van der Waals surface area (Å²) < 4.78 is 40.3. The molecular formula is C29H28ClF3N2OS. The molecule has 3 unspecified atom stereocenters. The van der Waals surface area contributed by atoms with Crippen molar-refractivity contribution in [3.05, 3.63) is 88.5 Å². The number of carbonyl (C=O) groups is 1. The molecular weight excluding hydrogens is 517 g/mol. The number of carbonyl (C=O) groups excluding carboxylic acids is 1. The van der Waals surface area contributed by atoms with E-state index in [-0.39, 0.29) is 22.4 Å². The van der Waals surface area contributed by atoms with Gasteiger partial charge in [0.15, 0.2) is 17.5 Å². The van der Waals surface area contributed by atoms with Crippen molar-refractivity contribution in [1.82, 2.24) is 4.98 Å². The van der Waals surface area contributed by atoms with Crippen molar-refractivity contribution < 1.29 is 18.0 Å². The third-order valence-corrected chi connectivity index (χ3v) is 7.66. The molecule has 3 aromatic rings. The molecule has 0 bridgehead atoms. The highest BCUT2D eigenvalue weighted by Gasteiger charge is 2.22. The Morgan fingerprint density at radius 2 is 1.76 bits per heavy atom. The van der Waals surface area contributed by atoms with Crippen molar-refractivity contribution in [2.75, 3.05) is 5.32 Å². The number of halogens is 4. The zero-order valence-electron chi connectivity index (χ0n) is 20.8. The second-order valence-electron chi connectivity index (χ2n) is 8.87. The molecule has 0 aliphatic rings. The first kappa shape index (κ1) is 28.6. The fourth-order valence-electron chi connectivity index (χ4n) is 3.93. The standard InChI is InChI=1S/C29H28ClF3N2OS/c1-4-5-21(14-18(2)6-7-20-10-12-34-13-11-20)19(3)37-27-15-22(8-9-24(27)30)29(36)35-23-16-25(31)28(33)26(32)17-23/h8-13,15-19,21H,4-5,14H2,1-3H3,(H,35,36). The maximum Gasteiger partial charge on any atom is 0.255 e. The number of pyridine rings is 1. The molecule has 1 heterocycles. The van der Waals surface area contributed by atoms with Gasteiger partial charge in [-0.1, -0.05) is 50.6 Å². The summed E-state index contributed by atoms with van der Waals surface area (Å²) in [5, 5.41) is 3.11. The highest BCUT2D eigenvalue weighted by molar-refractivity contribution is 8.00. The molecule has 37 heavy (non-hydrogen) atoms. The minimum Gasteiger partial charge on any atom is -0.322 e. The van der Waals surface area contributed by atoms with Crippen LogP contribution >= 0.6 is 23.4 Å². The van der Waals surface area contributed by atoms with Gasteiger partial charge in [-0.2, -0.15) is 0 Å². The first-order valence-corrected chi connectivity index (χ1v) is 13.3. The van der Waals surface area contributed by atoms with Crippen molar-refractivity contribution in [2.24, 2.45) is 11.8 Å². The Kier molecular flexibility index (Phi) is 10.5. The summed E-state index contributed by atoms with van der Waals surface area (Å²) in [6.45, 7) is 6.41. The predicted octanol–water partition coefficient (Wildman–Crippen LogP) is 8.38. The molecule has 3 nitrogen and oxygen atoms in total. The topological polar surface area (TPSA) is 42.0 Å². The van der Waals surface area contributed by atoms with E-state index in [2.05, 4.69) is 42.9 Å². The van der Waals surface area contributed by atoms with Crippen molar-refractivity contribution in [2.45, 2.75) is 50.2 Å². The van der Waals surface area contributed by atoms with Crippen LogP contribution in [0.15, 0.2) is 59.8 Å². The summed E-state index contributed by atoms with van der Waals surface area (Å²) in [6.07, 6.45) is 6.42. The zero-order valence-corrected chi connectivity index (χ0v) is 22.4. The average molecular weight is 545 g/mol. The van der Waals surface area contributed by atoms with E-state index >= 15 is 0 Å². The zero-order chi connectivity index (χ0) is 26.9. The van der Waals surface area contributed by atoms with Gasteiger partial charge in [0.2, 0.25) is 0 Å². The lowest BCUT2D eigenvalue weighted by Gasteiger charge is -2.25. The van der Waals surface area contributed by atoms with Gasteiger partial charge in [-0.05, 0) is 49.1 Å². The average Bonchev–Trinajstić information content (AvgIpc) is 2.87. The molecule has 3 atom stereocenters. The lowest BCUT2D eigenvalue weighted by Crippen LogP contribution is -2.17. The van der Waals surface area contributed by atoms with Crippen LogP contribution in [0.5, 0.6) is 0 Å². The van der Waals surface area contributed by atoms with Gasteiger partial charge in [-0.3, -0.25) is 9.78 Å². The smallest absolute Gasteiger partial charge is 0.255 e. The fourth-order valence-corrected chi connectivity index (χ4v) is 5.40. The van der Waals surface area contributed by atoms with E-state index in [1.165, 1.54) is 6.07 Å². The summed E-state index contributed by atoms with van der Waals surface area (Å²) in [5.74, 6) is 2.18. The fraction of sp³-hybridized carbons (Fsp3) is 0.310. The molecule has 3 rings (SSSR count). The van der Waals surface area contributed by atoms with Gasteiger partial charge in [0.05, 0.1) is 5.02 Å². The highest BCUT2D eigenvalue weighted by atomic mass is 35.5. The van der Waals surface area contributed by atoms with Crippen LogP contribution in [-0.2, 0) is 0 Å². The Morgan fingerprint density at radius 1 is 1.08 bits per heavy atom. The van der Waals surface area contributed by atoms with E-state index < -0.39 is 23.4 Å². The van der Waals surface area contributed by atoms with E-state index in [4.69, 9.17) is 11.6 Å². The molecule has 194 valence electrons. The molecule has 1 N–H and O–H groups in total. The number of amides is 1. The van der Waals surface area contributed by atoms with Crippen molar-refractivity contribution in [1.29, 1.82) is 0 Å². The predicted molar refractivity (Wildman–Crippen MR) is 144 cm³/mol. The second kappa shape index (κ2) is 13.6. The SMILES string of the molecule is CCCC(CC(C)C#Cc1ccncc1)C(C)Sc1cc(C(=O)Nc2cc(F)c(F)c(F)c2)ccc1Cl. The summed E-state index contributed by atoms with van der Waals surface area (Å²) in [5.41, 5.74) is 1.03. The molecule has 0 fully saturated rings. The molecule has 8 heteroatoms. The lowest BCUT2D eigenvalue weighted by molar-refractivity contribution is 0.102. The number of hydrogen-bond acceptors (Lipinski definition) is 3. The van der Waals surface area contributed by atoms with Gasteiger partial charge in [0.1, 0.15) is 0 Å². The number of thioether (sulfide) groups is 1. The monoisotopic (exact) mass is 544 g/mol. The molecule has 0 aliphatic heterocycles. The molecule has 1 aromatic heterocycles. The minimum absolute atomic E-state index is 0.177. The van der Waals surface area contributed by atoms with E-state index in [1.807, 2.05) is 12.1 Å². The molecule has 0 radical (unpaired) electrons. The number of anilines is 1. The highest BCUT2D eigenvalue weighted by Crippen LogP contribution is 2.37. The van der Waals surface area contributed by atoms with Gasteiger partial charge in [-0.25, -0.2) is 13.2 Å². The van der Waals surface area contributed by atoms with Crippen molar-refractivity contribution >= 4 is 35.0 Å². The van der Waals surface area contributed by atoms with Crippen molar-refractivity contribution in [3.8, 4) is 11.8 Å². The van der Waals surface area contributed by atoms with Gasteiger partial charge >= 0.3 is 0 Å². The number of benzene rings is 2. The van der Waals surface area contributed by atoms with Crippen LogP contribution in [-0.4, -0.2) is 16.1 Å². The summed E-state index contributed by atoms with van der Waals surface area (Å²) in [6, 6.07) is 10.0. The molecule has 0 aliphatic carbocycles. The first-order valence-electron chi connectivity index (χ1n) is 12.0. The normalized spacial score (nSPS) is 13.3. The maximum absolute atomic E-state index is 13.5. The summed E-state index contributed by atoms with van der Waals surface area (Å²) in [7, 11) is 0. The minimum atomic E-state index is -1.59. The Hall–Kier alpha value is -2.95. The summed E-state index contributed by atoms with van der Waals surface area (Å²) >= 11 is 8.03. The molecule has 2 aromatic carbocycles. The van der Waals surface area contributed by atoms with Gasteiger partial charge < -0.3 is 5.32 Å². The molecule has 0 saturated carbocycles. The van der Waals surface area contributed by atoms with E-state index in [0.717, 1.165) is 41.9 Å². The van der Waals surface area contributed by atoms with Gasteiger partial charge in [-0.15, -0.1) is 11.8 Å². The number of rotatable bonds is 9. The quantitative estimate of drug-likeness (QED) is 0.167.